The molecule has 1 amide bonds. The highest BCUT2D eigenvalue weighted by atomic mass is 16.5. The Balaban J connectivity index is 2.46. The highest BCUT2D eigenvalue weighted by Gasteiger charge is 2.06. The maximum Gasteiger partial charge on any atom is 0.225 e. The summed E-state index contributed by atoms with van der Waals surface area (Å²) in [5.74, 6) is 2.86. The maximum atomic E-state index is 11.1. The smallest absolute Gasteiger partial charge is 0.225 e. The topological polar surface area (TPSA) is 55.1 Å². The average Bonchev–Trinajstić information content (AvgIpc) is 2.48. The Labute approximate surface area is 76.3 Å². The van der Waals surface area contributed by atoms with E-state index in [1.165, 1.54) is 6.20 Å². The second-order valence-electron chi connectivity index (χ2n) is 2.55. The van der Waals surface area contributed by atoms with Crippen LogP contribution in [0.25, 0.3) is 0 Å². The van der Waals surface area contributed by atoms with Crippen molar-refractivity contribution < 1.29 is 9.32 Å². The third kappa shape index (κ3) is 2.64. The van der Waals surface area contributed by atoms with Gasteiger partial charge in [-0.15, -0.1) is 12.3 Å². The molecule has 0 radical (unpaired) electrons. The summed E-state index contributed by atoms with van der Waals surface area (Å²) < 4.78 is 4.76. The van der Waals surface area contributed by atoms with Gasteiger partial charge in [0, 0.05) is 12.8 Å². The van der Waals surface area contributed by atoms with Gasteiger partial charge < -0.3 is 9.84 Å². The van der Waals surface area contributed by atoms with E-state index >= 15 is 0 Å². The molecule has 68 valence electrons. The van der Waals surface area contributed by atoms with Crippen molar-refractivity contribution in [2.45, 2.75) is 19.8 Å². The molecule has 1 rings (SSSR count). The number of terminal acetylenes is 1. The lowest BCUT2D eigenvalue weighted by Gasteiger charge is -1.99. The summed E-state index contributed by atoms with van der Waals surface area (Å²) in [5.41, 5.74) is 0.599. The number of nitrogens with zero attached hydrogens (tertiary/aromatic N) is 1. The van der Waals surface area contributed by atoms with Gasteiger partial charge in [0.25, 0.3) is 0 Å². The number of carbonyl (C=O) groups is 1. The molecule has 0 bridgehead atoms. The fourth-order valence-electron chi connectivity index (χ4n) is 0.817. The lowest BCUT2D eigenvalue weighted by atomic mass is 10.3. The van der Waals surface area contributed by atoms with Crippen molar-refractivity contribution in [1.29, 1.82) is 0 Å². The molecular formula is C9H10N2O2. The molecule has 0 aliphatic heterocycles. The van der Waals surface area contributed by atoms with Crippen LogP contribution < -0.4 is 5.32 Å². The third-order valence-corrected chi connectivity index (χ3v) is 1.52. The van der Waals surface area contributed by atoms with Gasteiger partial charge in [0.2, 0.25) is 5.91 Å². The predicted octanol–water partition coefficient (Wildman–Crippen LogP) is 1.33. The quantitative estimate of drug-likeness (QED) is 0.710. The number of hydrogen-bond acceptors (Lipinski definition) is 3. The van der Waals surface area contributed by atoms with Crippen LogP contribution in [0.2, 0.25) is 0 Å². The summed E-state index contributed by atoms with van der Waals surface area (Å²) in [4.78, 5) is 11.1. The minimum atomic E-state index is -0.121. The molecule has 1 aromatic rings. The SMILES string of the molecule is C#CCCC(=O)Nc1cnoc1C. The Kier molecular flexibility index (Phi) is 3.09. The van der Waals surface area contributed by atoms with Crippen molar-refractivity contribution in [2.75, 3.05) is 5.32 Å². The second kappa shape index (κ2) is 4.31. The van der Waals surface area contributed by atoms with E-state index in [4.69, 9.17) is 10.9 Å². The normalized spacial score (nSPS) is 9.23. The maximum absolute atomic E-state index is 11.1. The van der Waals surface area contributed by atoms with Gasteiger partial charge in [-0.3, -0.25) is 4.79 Å². The van der Waals surface area contributed by atoms with Crippen molar-refractivity contribution in [3.8, 4) is 12.3 Å². The molecule has 1 N–H and O–H groups in total. The van der Waals surface area contributed by atoms with Crippen LogP contribution in [0.5, 0.6) is 0 Å². The van der Waals surface area contributed by atoms with E-state index in [0.29, 0.717) is 24.3 Å². The number of amides is 1. The van der Waals surface area contributed by atoms with Crippen molar-refractivity contribution >= 4 is 11.6 Å². The van der Waals surface area contributed by atoms with Gasteiger partial charge in [0.1, 0.15) is 5.69 Å². The number of aryl methyl sites for hydroxylation is 1. The average molecular weight is 178 g/mol. The molecule has 4 heteroatoms. The highest BCUT2D eigenvalue weighted by Crippen LogP contribution is 2.12. The standard InChI is InChI=1S/C9H10N2O2/c1-3-4-5-9(12)11-8-6-10-13-7(8)2/h1,6H,4-5H2,2H3,(H,11,12). The second-order valence-corrected chi connectivity index (χ2v) is 2.55. The van der Waals surface area contributed by atoms with E-state index in [0.717, 1.165) is 0 Å². The fraction of sp³-hybridized carbons (Fsp3) is 0.333. The number of aromatic nitrogens is 1. The summed E-state index contributed by atoms with van der Waals surface area (Å²) in [5, 5.41) is 6.16. The minimum absolute atomic E-state index is 0.121. The molecule has 0 unspecified atom stereocenters. The Bertz CT molecular complexity index is 336. The Morgan fingerprint density at radius 2 is 2.62 bits per heavy atom. The number of nitrogens with one attached hydrogen (secondary N) is 1. The molecule has 0 saturated heterocycles. The number of carbonyl (C=O) groups excluding carboxylic acids is 1. The highest BCUT2D eigenvalue weighted by molar-refractivity contribution is 5.91. The van der Waals surface area contributed by atoms with E-state index in [2.05, 4.69) is 16.4 Å². The third-order valence-electron chi connectivity index (χ3n) is 1.52. The van der Waals surface area contributed by atoms with E-state index < -0.39 is 0 Å². The Hall–Kier alpha value is -1.76. The number of rotatable bonds is 3. The summed E-state index contributed by atoms with van der Waals surface area (Å²) in [7, 11) is 0. The lowest BCUT2D eigenvalue weighted by molar-refractivity contribution is -0.116. The lowest BCUT2D eigenvalue weighted by Crippen LogP contribution is -2.10. The molecule has 13 heavy (non-hydrogen) atoms. The van der Waals surface area contributed by atoms with Crippen LogP contribution in [-0.2, 0) is 4.79 Å². The van der Waals surface area contributed by atoms with Gasteiger partial charge in [0.15, 0.2) is 5.76 Å². The first-order valence-electron chi connectivity index (χ1n) is 3.88. The molecule has 0 aliphatic carbocycles. The zero-order valence-electron chi connectivity index (χ0n) is 7.33. The summed E-state index contributed by atoms with van der Waals surface area (Å²) in [6, 6.07) is 0. The summed E-state index contributed by atoms with van der Waals surface area (Å²) in [6.07, 6.45) is 7.24. The van der Waals surface area contributed by atoms with E-state index in [1.807, 2.05) is 0 Å². The van der Waals surface area contributed by atoms with Crippen LogP contribution in [0, 0.1) is 19.3 Å². The summed E-state index contributed by atoms with van der Waals surface area (Å²) in [6.45, 7) is 1.73. The molecule has 0 spiro atoms. The molecule has 0 aliphatic rings. The van der Waals surface area contributed by atoms with Gasteiger partial charge >= 0.3 is 0 Å². The van der Waals surface area contributed by atoms with Gasteiger partial charge in [-0.1, -0.05) is 5.16 Å². The van der Waals surface area contributed by atoms with Crippen molar-refractivity contribution in [3.05, 3.63) is 12.0 Å². The largest absolute Gasteiger partial charge is 0.359 e. The van der Waals surface area contributed by atoms with Gasteiger partial charge in [-0.05, 0) is 6.92 Å². The zero-order chi connectivity index (χ0) is 9.68. The first kappa shape index (κ1) is 9.33. The van der Waals surface area contributed by atoms with Gasteiger partial charge in [0.05, 0.1) is 6.20 Å². The van der Waals surface area contributed by atoms with E-state index in [-0.39, 0.29) is 5.91 Å². The number of hydrogen-bond donors (Lipinski definition) is 1. The van der Waals surface area contributed by atoms with Crippen molar-refractivity contribution in [2.24, 2.45) is 0 Å². The van der Waals surface area contributed by atoms with Crippen LogP contribution in [0.1, 0.15) is 18.6 Å². The van der Waals surface area contributed by atoms with Crippen LogP contribution >= 0.6 is 0 Å². The Morgan fingerprint density at radius 1 is 1.85 bits per heavy atom. The predicted molar refractivity (Wildman–Crippen MR) is 47.9 cm³/mol. The zero-order valence-corrected chi connectivity index (χ0v) is 7.33. The number of anilines is 1. The van der Waals surface area contributed by atoms with Crippen LogP contribution in [0.4, 0.5) is 5.69 Å². The van der Waals surface area contributed by atoms with E-state index in [9.17, 15) is 4.79 Å². The van der Waals surface area contributed by atoms with Crippen LogP contribution in [0.3, 0.4) is 0 Å². The van der Waals surface area contributed by atoms with Crippen LogP contribution in [-0.4, -0.2) is 11.1 Å². The van der Waals surface area contributed by atoms with Crippen molar-refractivity contribution in [1.82, 2.24) is 5.16 Å². The molecule has 1 aromatic heterocycles. The minimum Gasteiger partial charge on any atom is -0.359 e. The van der Waals surface area contributed by atoms with Gasteiger partial charge in [-0.25, -0.2) is 0 Å². The molecule has 4 nitrogen and oxygen atoms in total. The van der Waals surface area contributed by atoms with Gasteiger partial charge in [-0.2, -0.15) is 0 Å². The fourth-order valence-corrected chi connectivity index (χ4v) is 0.817. The molecule has 1 heterocycles. The molecule has 0 saturated carbocycles. The van der Waals surface area contributed by atoms with Crippen LogP contribution in [0.15, 0.2) is 10.7 Å². The monoisotopic (exact) mass is 178 g/mol. The summed E-state index contributed by atoms with van der Waals surface area (Å²) >= 11 is 0. The molecule has 0 fully saturated rings. The molecule has 0 atom stereocenters. The van der Waals surface area contributed by atoms with E-state index in [1.54, 1.807) is 6.92 Å². The first-order chi connectivity index (χ1) is 6.24. The molecular weight excluding hydrogens is 168 g/mol. The molecule has 0 aromatic carbocycles. The van der Waals surface area contributed by atoms with Crippen molar-refractivity contribution in [3.63, 3.8) is 0 Å². The Morgan fingerprint density at radius 3 is 3.15 bits per heavy atom. The first-order valence-corrected chi connectivity index (χ1v) is 3.88.